The molecule has 2 aromatic rings. The van der Waals surface area contributed by atoms with Crippen molar-refractivity contribution in [1.29, 1.82) is 0 Å². The molecule has 0 spiro atoms. The first-order valence-electron chi connectivity index (χ1n) is 6.03. The van der Waals surface area contributed by atoms with Crippen LogP contribution >= 0.6 is 11.6 Å². The SMILES string of the molecule is COC(=O)NCC(C)(C)c1c[nH]c2cc(Cl)ccc12. The van der Waals surface area contributed by atoms with Gasteiger partial charge in [-0.3, -0.25) is 0 Å². The molecule has 0 aliphatic rings. The van der Waals surface area contributed by atoms with Crippen LogP contribution in [0.3, 0.4) is 0 Å². The van der Waals surface area contributed by atoms with E-state index in [1.165, 1.54) is 7.11 Å². The number of H-pyrrole nitrogens is 1. The molecule has 0 radical (unpaired) electrons. The second kappa shape index (κ2) is 5.13. The molecule has 0 aliphatic carbocycles. The summed E-state index contributed by atoms with van der Waals surface area (Å²) in [5.74, 6) is 0. The van der Waals surface area contributed by atoms with Gasteiger partial charge in [0.25, 0.3) is 0 Å². The van der Waals surface area contributed by atoms with E-state index in [4.69, 9.17) is 11.6 Å². The monoisotopic (exact) mass is 280 g/mol. The molecular formula is C14H17ClN2O2. The molecule has 0 saturated heterocycles. The van der Waals surface area contributed by atoms with Crippen molar-refractivity contribution < 1.29 is 9.53 Å². The van der Waals surface area contributed by atoms with E-state index in [9.17, 15) is 4.79 Å². The summed E-state index contributed by atoms with van der Waals surface area (Å²) >= 11 is 5.97. The molecule has 19 heavy (non-hydrogen) atoms. The van der Waals surface area contributed by atoms with Gasteiger partial charge >= 0.3 is 6.09 Å². The summed E-state index contributed by atoms with van der Waals surface area (Å²) in [7, 11) is 1.36. The van der Waals surface area contributed by atoms with Gasteiger partial charge in [0.2, 0.25) is 0 Å². The lowest BCUT2D eigenvalue weighted by Gasteiger charge is -2.24. The fourth-order valence-electron chi connectivity index (χ4n) is 2.12. The number of ether oxygens (including phenoxy) is 1. The molecular weight excluding hydrogens is 264 g/mol. The third-order valence-corrected chi connectivity index (χ3v) is 3.47. The van der Waals surface area contributed by atoms with E-state index in [2.05, 4.69) is 28.9 Å². The molecule has 0 saturated carbocycles. The summed E-state index contributed by atoms with van der Waals surface area (Å²) < 4.78 is 4.59. The molecule has 0 aliphatic heterocycles. The number of hydrogen-bond donors (Lipinski definition) is 2. The number of methoxy groups -OCH3 is 1. The fraction of sp³-hybridized carbons (Fsp3) is 0.357. The van der Waals surface area contributed by atoms with Crippen molar-refractivity contribution in [2.45, 2.75) is 19.3 Å². The van der Waals surface area contributed by atoms with Crippen LogP contribution in [0.4, 0.5) is 4.79 Å². The number of nitrogens with one attached hydrogen (secondary N) is 2. The van der Waals surface area contributed by atoms with Crippen molar-refractivity contribution in [3.63, 3.8) is 0 Å². The summed E-state index contributed by atoms with van der Waals surface area (Å²) in [5, 5.41) is 4.55. The van der Waals surface area contributed by atoms with E-state index in [1.807, 2.05) is 24.4 Å². The Labute approximate surface area is 117 Å². The first-order valence-corrected chi connectivity index (χ1v) is 6.41. The zero-order valence-corrected chi connectivity index (χ0v) is 12.0. The Morgan fingerprint density at radius 3 is 2.89 bits per heavy atom. The Kier molecular flexibility index (Phi) is 3.71. The van der Waals surface area contributed by atoms with Gasteiger partial charge in [-0.15, -0.1) is 0 Å². The van der Waals surface area contributed by atoms with Crippen molar-refractivity contribution in [3.8, 4) is 0 Å². The normalized spacial score (nSPS) is 11.6. The number of fused-ring (bicyclic) bond motifs is 1. The van der Waals surface area contributed by atoms with Crippen LogP contribution in [0.2, 0.25) is 5.02 Å². The van der Waals surface area contributed by atoms with Crippen molar-refractivity contribution in [2.75, 3.05) is 13.7 Å². The van der Waals surface area contributed by atoms with Gasteiger partial charge < -0.3 is 15.0 Å². The highest BCUT2D eigenvalue weighted by Gasteiger charge is 2.24. The Morgan fingerprint density at radius 1 is 1.47 bits per heavy atom. The number of amides is 1. The first-order chi connectivity index (χ1) is 8.94. The van der Waals surface area contributed by atoms with Crippen LogP contribution in [0.5, 0.6) is 0 Å². The van der Waals surface area contributed by atoms with Crippen molar-refractivity contribution in [2.24, 2.45) is 0 Å². The average Bonchev–Trinajstić information content (AvgIpc) is 2.79. The predicted octanol–water partition coefficient (Wildman–Crippen LogP) is 3.45. The molecule has 5 heteroatoms. The lowest BCUT2D eigenvalue weighted by Crippen LogP contribution is -2.36. The molecule has 1 heterocycles. The number of aromatic nitrogens is 1. The standard InChI is InChI=1S/C14H17ClN2O2/c1-14(2,8-17-13(18)19-3)11-7-16-12-6-9(15)4-5-10(11)12/h4-7,16H,8H2,1-3H3,(H,17,18). The summed E-state index contributed by atoms with van der Waals surface area (Å²) in [6.45, 7) is 4.63. The predicted molar refractivity (Wildman–Crippen MR) is 76.7 cm³/mol. The van der Waals surface area contributed by atoms with Gasteiger partial charge in [-0.2, -0.15) is 0 Å². The largest absolute Gasteiger partial charge is 0.453 e. The Hall–Kier alpha value is -1.68. The number of rotatable bonds is 3. The van der Waals surface area contributed by atoms with Crippen LogP contribution in [-0.2, 0) is 10.2 Å². The van der Waals surface area contributed by atoms with Gasteiger partial charge in [0.15, 0.2) is 0 Å². The molecule has 1 aromatic heterocycles. The highest BCUT2D eigenvalue weighted by Crippen LogP contribution is 2.31. The van der Waals surface area contributed by atoms with Crippen LogP contribution in [-0.4, -0.2) is 24.7 Å². The smallest absolute Gasteiger partial charge is 0.406 e. The first kappa shape index (κ1) is 13.7. The third-order valence-electron chi connectivity index (χ3n) is 3.23. The Morgan fingerprint density at radius 2 is 2.21 bits per heavy atom. The summed E-state index contributed by atoms with van der Waals surface area (Å²) in [5.41, 5.74) is 1.92. The van der Waals surface area contributed by atoms with E-state index in [0.717, 1.165) is 16.5 Å². The average molecular weight is 281 g/mol. The second-order valence-electron chi connectivity index (χ2n) is 5.12. The maximum absolute atomic E-state index is 11.2. The number of carbonyl (C=O) groups is 1. The number of aromatic amines is 1. The van der Waals surface area contributed by atoms with Crippen LogP contribution in [0, 0.1) is 0 Å². The van der Waals surface area contributed by atoms with Gasteiger partial charge in [-0.1, -0.05) is 31.5 Å². The van der Waals surface area contributed by atoms with Crippen molar-refractivity contribution >= 4 is 28.6 Å². The zero-order valence-electron chi connectivity index (χ0n) is 11.2. The van der Waals surface area contributed by atoms with Gasteiger partial charge in [0.1, 0.15) is 0 Å². The lowest BCUT2D eigenvalue weighted by molar-refractivity contribution is 0.168. The lowest BCUT2D eigenvalue weighted by atomic mass is 9.84. The van der Waals surface area contributed by atoms with Crippen molar-refractivity contribution in [1.82, 2.24) is 10.3 Å². The van der Waals surface area contributed by atoms with Crippen LogP contribution in [0.25, 0.3) is 10.9 Å². The second-order valence-corrected chi connectivity index (χ2v) is 5.56. The maximum Gasteiger partial charge on any atom is 0.406 e. The van der Waals surface area contributed by atoms with Gasteiger partial charge in [-0.05, 0) is 17.7 Å². The Balaban J connectivity index is 2.29. The molecule has 1 aromatic carbocycles. The maximum atomic E-state index is 11.2. The number of carbonyl (C=O) groups excluding carboxylic acids is 1. The number of hydrogen-bond acceptors (Lipinski definition) is 2. The number of halogens is 1. The number of alkyl carbamates (subject to hydrolysis) is 1. The fourth-order valence-corrected chi connectivity index (χ4v) is 2.29. The highest BCUT2D eigenvalue weighted by molar-refractivity contribution is 6.31. The molecule has 1 amide bonds. The van der Waals surface area contributed by atoms with E-state index in [1.54, 1.807) is 0 Å². The summed E-state index contributed by atoms with van der Waals surface area (Å²) in [6.07, 6.45) is 1.54. The van der Waals surface area contributed by atoms with Crippen LogP contribution in [0.15, 0.2) is 24.4 Å². The minimum absolute atomic E-state index is 0.208. The third kappa shape index (κ3) is 2.84. The van der Waals surface area contributed by atoms with Gasteiger partial charge in [0.05, 0.1) is 7.11 Å². The van der Waals surface area contributed by atoms with E-state index in [-0.39, 0.29) is 5.41 Å². The van der Waals surface area contributed by atoms with E-state index < -0.39 is 6.09 Å². The van der Waals surface area contributed by atoms with Gasteiger partial charge in [-0.25, -0.2) is 4.79 Å². The summed E-state index contributed by atoms with van der Waals surface area (Å²) in [6, 6.07) is 5.75. The minimum atomic E-state index is -0.420. The van der Waals surface area contributed by atoms with Crippen molar-refractivity contribution in [3.05, 3.63) is 35.0 Å². The zero-order chi connectivity index (χ0) is 14.0. The van der Waals surface area contributed by atoms with Crippen LogP contribution in [0.1, 0.15) is 19.4 Å². The van der Waals surface area contributed by atoms with Gasteiger partial charge in [0, 0.05) is 34.1 Å². The Bertz CT molecular complexity index is 605. The van der Waals surface area contributed by atoms with E-state index in [0.29, 0.717) is 11.6 Å². The molecule has 0 bridgehead atoms. The highest BCUT2D eigenvalue weighted by atomic mass is 35.5. The molecule has 0 fully saturated rings. The molecule has 2 N–H and O–H groups in total. The molecule has 2 rings (SSSR count). The minimum Gasteiger partial charge on any atom is -0.453 e. The molecule has 102 valence electrons. The van der Waals surface area contributed by atoms with E-state index >= 15 is 0 Å². The van der Waals surface area contributed by atoms with Crippen LogP contribution < -0.4 is 5.32 Å². The quantitative estimate of drug-likeness (QED) is 0.905. The summed E-state index contributed by atoms with van der Waals surface area (Å²) in [4.78, 5) is 14.4. The number of benzene rings is 1. The topological polar surface area (TPSA) is 54.1 Å². The molecule has 0 atom stereocenters. The molecule has 4 nitrogen and oxygen atoms in total. The molecule has 0 unspecified atom stereocenters.